The summed E-state index contributed by atoms with van der Waals surface area (Å²) in [6.07, 6.45) is 4.13. The third-order valence-corrected chi connectivity index (χ3v) is 6.70. The maximum Gasteiger partial charge on any atom is 0.258 e. The van der Waals surface area contributed by atoms with Gasteiger partial charge >= 0.3 is 0 Å². The van der Waals surface area contributed by atoms with E-state index in [0.29, 0.717) is 20.3 Å². The molecule has 8 heteroatoms. The van der Waals surface area contributed by atoms with E-state index in [1.807, 2.05) is 25.2 Å². The second-order valence-electron chi connectivity index (χ2n) is 7.19. The van der Waals surface area contributed by atoms with Crippen LogP contribution in [-0.2, 0) is 13.7 Å². The van der Waals surface area contributed by atoms with Crippen molar-refractivity contribution in [2.24, 2.45) is 7.05 Å². The number of hydrogen-bond acceptors (Lipinski definition) is 4. The van der Waals surface area contributed by atoms with Crippen LogP contribution in [0.1, 0.15) is 30.1 Å². The fourth-order valence-corrected chi connectivity index (χ4v) is 4.91. The van der Waals surface area contributed by atoms with Gasteiger partial charge in [-0.1, -0.05) is 23.2 Å². The fourth-order valence-electron chi connectivity index (χ4n) is 3.45. The number of aryl methyl sites for hydroxylation is 1. The molecule has 0 saturated heterocycles. The van der Waals surface area contributed by atoms with Gasteiger partial charge in [-0.2, -0.15) is 0 Å². The Labute approximate surface area is 181 Å². The first-order valence-electron chi connectivity index (χ1n) is 9.25. The monoisotopic (exact) mass is 445 g/mol. The van der Waals surface area contributed by atoms with Crippen LogP contribution in [0.25, 0.3) is 16.7 Å². The second-order valence-corrected chi connectivity index (χ2v) is 9.47. The molecule has 0 atom stereocenters. The van der Waals surface area contributed by atoms with E-state index >= 15 is 0 Å². The summed E-state index contributed by atoms with van der Waals surface area (Å²) >= 11 is 13.4. The van der Waals surface area contributed by atoms with Crippen molar-refractivity contribution < 1.29 is 4.74 Å². The first-order valence-corrected chi connectivity index (χ1v) is 10.8. The lowest BCUT2D eigenvalue weighted by Gasteiger charge is -2.09. The predicted molar refractivity (Wildman–Crippen MR) is 117 cm³/mol. The summed E-state index contributed by atoms with van der Waals surface area (Å²) in [5.41, 5.74) is 3.42. The molecule has 5 nitrogen and oxygen atoms in total. The molecule has 148 valence electrons. The zero-order valence-electron chi connectivity index (χ0n) is 15.6. The minimum atomic E-state index is -0.166. The summed E-state index contributed by atoms with van der Waals surface area (Å²) in [6.45, 7) is 0.260. The molecule has 1 aliphatic rings. The van der Waals surface area contributed by atoms with Crippen LogP contribution in [0, 0.1) is 0 Å². The summed E-state index contributed by atoms with van der Waals surface area (Å²) in [7, 11) is 2.04. The van der Waals surface area contributed by atoms with Gasteiger partial charge in [0.05, 0.1) is 21.1 Å². The Morgan fingerprint density at radius 2 is 2.03 bits per heavy atom. The number of pyridine rings is 1. The lowest BCUT2D eigenvalue weighted by molar-refractivity contribution is 0.306. The van der Waals surface area contributed by atoms with Gasteiger partial charge in [0.1, 0.15) is 22.5 Å². The Morgan fingerprint density at radius 3 is 2.72 bits per heavy atom. The van der Waals surface area contributed by atoms with Crippen LogP contribution in [0.3, 0.4) is 0 Å². The molecule has 0 unspecified atom stereocenters. The van der Waals surface area contributed by atoms with Gasteiger partial charge in [0, 0.05) is 30.8 Å². The van der Waals surface area contributed by atoms with Crippen molar-refractivity contribution in [3.63, 3.8) is 0 Å². The molecule has 3 aromatic heterocycles. The Balaban J connectivity index is 1.42. The van der Waals surface area contributed by atoms with Crippen molar-refractivity contribution >= 4 is 45.6 Å². The lowest BCUT2D eigenvalue weighted by atomic mass is 10.2. The number of benzene rings is 1. The first kappa shape index (κ1) is 18.7. The highest BCUT2D eigenvalue weighted by atomic mass is 35.5. The average Bonchev–Trinajstić information content (AvgIpc) is 3.42. The minimum absolute atomic E-state index is 0.166. The predicted octanol–water partition coefficient (Wildman–Crippen LogP) is 5.55. The molecular formula is C21H17Cl2N3O2S. The molecular weight excluding hydrogens is 429 g/mol. The maximum absolute atomic E-state index is 12.7. The van der Waals surface area contributed by atoms with Crippen LogP contribution in [0.15, 0.2) is 47.4 Å². The van der Waals surface area contributed by atoms with E-state index < -0.39 is 0 Å². The lowest BCUT2D eigenvalue weighted by Crippen LogP contribution is -2.16. The molecule has 0 spiro atoms. The molecule has 0 bridgehead atoms. The highest BCUT2D eigenvalue weighted by Crippen LogP contribution is 2.40. The average molecular weight is 446 g/mol. The third-order valence-electron chi connectivity index (χ3n) is 5.13. The molecule has 29 heavy (non-hydrogen) atoms. The molecule has 0 aliphatic heterocycles. The van der Waals surface area contributed by atoms with Gasteiger partial charge in [-0.3, -0.25) is 9.36 Å². The van der Waals surface area contributed by atoms with Crippen LogP contribution in [0.2, 0.25) is 8.67 Å². The van der Waals surface area contributed by atoms with Crippen LogP contribution < -0.4 is 10.3 Å². The third kappa shape index (κ3) is 3.56. The Morgan fingerprint density at radius 1 is 1.21 bits per heavy atom. The smallest absolute Gasteiger partial charge is 0.258 e. The SMILES string of the molecule is Cn1c(C2CC2)nc2ccc(-n3ccc(OCc4cc(Cl)sc4Cl)cc3=O)cc21. The van der Waals surface area contributed by atoms with E-state index in [1.54, 1.807) is 22.9 Å². The number of thiophene rings is 1. The van der Waals surface area contributed by atoms with Gasteiger partial charge in [-0.25, -0.2) is 4.98 Å². The summed E-state index contributed by atoms with van der Waals surface area (Å²) < 4.78 is 10.7. The normalized spacial score (nSPS) is 13.9. The summed E-state index contributed by atoms with van der Waals surface area (Å²) in [4.78, 5) is 17.4. The largest absolute Gasteiger partial charge is 0.489 e. The number of rotatable bonds is 5. The first-order chi connectivity index (χ1) is 14.0. The van der Waals surface area contributed by atoms with Crippen molar-refractivity contribution in [3.8, 4) is 11.4 Å². The van der Waals surface area contributed by atoms with Gasteiger partial charge in [0.25, 0.3) is 5.56 Å². The number of nitrogens with zero attached hydrogens (tertiary/aromatic N) is 3. The molecule has 4 aromatic rings. The van der Waals surface area contributed by atoms with Crippen molar-refractivity contribution in [1.29, 1.82) is 0 Å². The van der Waals surface area contributed by atoms with E-state index in [4.69, 9.17) is 32.9 Å². The number of hydrogen-bond donors (Lipinski definition) is 0. The number of aromatic nitrogens is 3. The molecule has 1 aromatic carbocycles. The maximum atomic E-state index is 12.7. The molecule has 1 aliphatic carbocycles. The Bertz CT molecular complexity index is 1290. The van der Waals surface area contributed by atoms with E-state index in [9.17, 15) is 4.79 Å². The topological polar surface area (TPSA) is 49.0 Å². The van der Waals surface area contributed by atoms with Crippen molar-refractivity contribution in [2.45, 2.75) is 25.4 Å². The zero-order valence-corrected chi connectivity index (χ0v) is 17.9. The van der Waals surface area contributed by atoms with Gasteiger partial charge in [-0.15, -0.1) is 11.3 Å². The van der Waals surface area contributed by atoms with Gasteiger partial charge < -0.3 is 9.30 Å². The molecule has 3 heterocycles. The number of halogens is 2. The van der Waals surface area contributed by atoms with E-state index in [-0.39, 0.29) is 12.2 Å². The number of ether oxygens (including phenoxy) is 1. The van der Waals surface area contributed by atoms with Gasteiger partial charge in [-0.05, 0) is 43.2 Å². The van der Waals surface area contributed by atoms with Crippen LogP contribution >= 0.6 is 34.5 Å². The van der Waals surface area contributed by atoms with Crippen LogP contribution in [0.4, 0.5) is 0 Å². The number of fused-ring (bicyclic) bond motifs is 1. The zero-order chi connectivity index (χ0) is 20.1. The number of imidazole rings is 1. The summed E-state index contributed by atoms with van der Waals surface area (Å²) in [5, 5.41) is 0. The van der Waals surface area contributed by atoms with Crippen molar-refractivity contribution in [3.05, 3.63) is 73.0 Å². The summed E-state index contributed by atoms with van der Waals surface area (Å²) in [5.74, 6) is 2.18. The fraction of sp³-hybridized carbons (Fsp3) is 0.238. The summed E-state index contributed by atoms with van der Waals surface area (Å²) in [6, 6.07) is 10.9. The highest BCUT2D eigenvalue weighted by Gasteiger charge is 2.28. The molecule has 0 N–H and O–H groups in total. The van der Waals surface area contributed by atoms with Crippen molar-refractivity contribution in [1.82, 2.24) is 14.1 Å². The van der Waals surface area contributed by atoms with E-state index in [0.717, 1.165) is 28.1 Å². The Hall–Kier alpha value is -2.28. The van der Waals surface area contributed by atoms with Gasteiger partial charge in [0.15, 0.2) is 0 Å². The molecule has 0 amide bonds. The van der Waals surface area contributed by atoms with Crippen LogP contribution in [-0.4, -0.2) is 14.1 Å². The second kappa shape index (κ2) is 7.20. The van der Waals surface area contributed by atoms with E-state index in [2.05, 4.69) is 4.57 Å². The Kier molecular flexibility index (Phi) is 4.65. The minimum Gasteiger partial charge on any atom is -0.489 e. The van der Waals surface area contributed by atoms with Crippen LogP contribution in [0.5, 0.6) is 5.75 Å². The van der Waals surface area contributed by atoms with Gasteiger partial charge in [0.2, 0.25) is 0 Å². The van der Waals surface area contributed by atoms with E-state index in [1.165, 1.54) is 30.2 Å². The van der Waals surface area contributed by atoms with Crippen molar-refractivity contribution in [2.75, 3.05) is 0 Å². The quantitative estimate of drug-likeness (QED) is 0.404. The molecule has 1 saturated carbocycles. The molecule has 1 fully saturated rings. The molecule has 0 radical (unpaired) electrons. The molecule has 5 rings (SSSR count). The standard InChI is InChI=1S/C21H17Cl2N3O2S/c1-25-17-9-14(4-5-16(17)24-21(25)12-2-3-12)26-7-6-15(10-19(26)27)28-11-13-8-18(22)29-20(13)23/h4-10,12H,2-3,11H2,1H3. The highest BCUT2D eigenvalue weighted by molar-refractivity contribution is 7.20.